The number of aromatic nitrogens is 1. The number of carbonyl (C=O) groups excluding carboxylic acids is 1. The Morgan fingerprint density at radius 2 is 1.97 bits per heavy atom. The molecule has 0 spiro atoms. The fraction of sp³-hybridized carbons (Fsp3) is 0.368. The van der Waals surface area contributed by atoms with E-state index >= 15 is 0 Å². The molecule has 0 saturated carbocycles. The molecule has 1 aromatic carbocycles. The molecule has 0 aliphatic carbocycles. The summed E-state index contributed by atoms with van der Waals surface area (Å²) in [5.41, 5.74) is -0.154. The topological polar surface area (TPSA) is 107 Å². The smallest absolute Gasteiger partial charge is 0.422 e. The van der Waals surface area contributed by atoms with Crippen LogP contribution >= 0.6 is 0 Å². The van der Waals surface area contributed by atoms with Crippen molar-refractivity contribution in [1.82, 2.24) is 9.29 Å². The van der Waals surface area contributed by atoms with E-state index in [4.69, 9.17) is 9.47 Å². The maximum atomic E-state index is 13.0. The second kappa shape index (κ2) is 9.71. The van der Waals surface area contributed by atoms with E-state index in [1.165, 1.54) is 47.9 Å². The number of nitrogens with zero attached hydrogens (tertiary/aromatic N) is 2. The van der Waals surface area contributed by atoms with Gasteiger partial charge in [0.05, 0.1) is 20.3 Å². The fourth-order valence-electron chi connectivity index (χ4n) is 2.91. The van der Waals surface area contributed by atoms with E-state index in [1.54, 1.807) is 0 Å². The molecule has 1 aliphatic heterocycles. The number of benzene rings is 1. The van der Waals surface area contributed by atoms with Crippen LogP contribution in [0, 0.1) is 0 Å². The lowest BCUT2D eigenvalue weighted by atomic mass is 10.2. The molecule has 32 heavy (non-hydrogen) atoms. The number of rotatable bonds is 7. The van der Waals surface area contributed by atoms with Crippen LogP contribution in [0.1, 0.15) is 10.4 Å². The predicted molar refractivity (Wildman–Crippen MR) is 106 cm³/mol. The molecular weight excluding hydrogens is 455 g/mol. The van der Waals surface area contributed by atoms with Gasteiger partial charge in [-0.2, -0.15) is 17.5 Å². The molecule has 0 radical (unpaired) electrons. The summed E-state index contributed by atoms with van der Waals surface area (Å²) in [5.74, 6) is -1.25. The van der Waals surface area contributed by atoms with Crippen molar-refractivity contribution in [2.45, 2.75) is 11.1 Å². The van der Waals surface area contributed by atoms with Crippen molar-refractivity contribution in [3.8, 4) is 11.6 Å². The maximum absolute atomic E-state index is 13.0. The summed E-state index contributed by atoms with van der Waals surface area (Å²) in [6, 6.07) is 6.59. The van der Waals surface area contributed by atoms with E-state index in [2.05, 4.69) is 15.0 Å². The van der Waals surface area contributed by atoms with Crippen LogP contribution in [0.4, 0.5) is 18.9 Å². The Morgan fingerprint density at radius 3 is 2.62 bits per heavy atom. The van der Waals surface area contributed by atoms with Crippen molar-refractivity contribution < 1.29 is 40.6 Å². The highest BCUT2D eigenvalue weighted by Crippen LogP contribution is 2.31. The highest BCUT2D eigenvalue weighted by Gasteiger charge is 2.31. The van der Waals surface area contributed by atoms with Gasteiger partial charge in [0.15, 0.2) is 6.61 Å². The molecule has 2 heterocycles. The number of hydrogen-bond donors (Lipinski definition) is 1. The van der Waals surface area contributed by atoms with E-state index in [0.29, 0.717) is 0 Å². The van der Waals surface area contributed by atoms with Crippen LogP contribution in [0.15, 0.2) is 41.4 Å². The number of morpholine rings is 1. The largest absolute Gasteiger partial charge is 0.495 e. The third kappa shape index (κ3) is 5.66. The quantitative estimate of drug-likeness (QED) is 0.655. The number of nitrogens with one attached hydrogen (secondary N) is 1. The van der Waals surface area contributed by atoms with E-state index < -0.39 is 34.6 Å². The summed E-state index contributed by atoms with van der Waals surface area (Å²) in [6.07, 6.45) is -3.42. The number of sulfonamides is 1. The summed E-state index contributed by atoms with van der Waals surface area (Å²) >= 11 is 0. The van der Waals surface area contributed by atoms with Gasteiger partial charge in [-0.1, -0.05) is 0 Å². The molecule has 2 aromatic rings. The number of pyridine rings is 1. The van der Waals surface area contributed by atoms with Gasteiger partial charge in [0.25, 0.3) is 5.91 Å². The molecule has 1 aromatic heterocycles. The van der Waals surface area contributed by atoms with E-state index in [1.807, 2.05) is 0 Å². The van der Waals surface area contributed by atoms with Crippen LogP contribution in [0.25, 0.3) is 0 Å². The van der Waals surface area contributed by atoms with Crippen molar-refractivity contribution in [2.24, 2.45) is 0 Å². The Hall–Kier alpha value is -2.90. The van der Waals surface area contributed by atoms with Crippen LogP contribution in [0.2, 0.25) is 0 Å². The lowest BCUT2D eigenvalue weighted by Crippen LogP contribution is -2.40. The van der Waals surface area contributed by atoms with Crippen molar-refractivity contribution in [2.75, 3.05) is 45.3 Å². The molecule has 0 unspecified atom stereocenters. The molecule has 1 saturated heterocycles. The molecule has 174 valence electrons. The number of alkyl halides is 3. The standard InChI is InChI=1S/C19H20F3N3O6S/c1-29-15-5-4-13(11-16(15)32(27,28)25-7-9-30-10-8-25)24-17(26)14-3-2-6-23-18(14)31-12-19(20,21)22/h2-6,11H,7-10,12H2,1H3,(H,24,26). The molecule has 1 fully saturated rings. The number of carbonyl (C=O) groups is 1. The van der Waals surface area contributed by atoms with Gasteiger partial charge in [0.1, 0.15) is 16.2 Å². The fourth-order valence-corrected chi connectivity index (χ4v) is 4.50. The number of amides is 1. The average molecular weight is 475 g/mol. The number of halogens is 3. The van der Waals surface area contributed by atoms with E-state index in [0.717, 1.165) is 0 Å². The van der Waals surface area contributed by atoms with Gasteiger partial charge < -0.3 is 19.5 Å². The summed E-state index contributed by atoms with van der Waals surface area (Å²) in [6.45, 7) is -0.788. The van der Waals surface area contributed by atoms with Crippen molar-refractivity contribution in [1.29, 1.82) is 0 Å². The molecule has 9 nitrogen and oxygen atoms in total. The molecule has 0 atom stereocenters. The van der Waals surface area contributed by atoms with Gasteiger partial charge >= 0.3 is 6.18 Å². The zero-order chi connectivity index (χ0) is 23.4. The first kappa shape index (κ1) is 23.8. The van der Waals surface area contributed by atoms with Gasteiger partial charge in [0, 0.05) is 25.0 Å². The number of anilines is 1. The highest BCUT2D eigenvalue weighted by molar-refractivity contribution is 7.89. The van der Waals surface area contributed by atoms with Gasteiger partial charge in [-0.05, 0) is 30.3 Å². The third-order valence-corrected chi connectivity index (χ3v) is 6.32. The van der Waals surface area contributed by atoms with Crippen LogP contribution in [-0.4, -0.2) is 69.8 Å². The highest BCUT2D eigenvalue weighted by atomic mass is 32.2. The molecule has 13 heteroatoms. The zero-order valence-corrected chi connectivity index (χ0v) is 17.7. The molecular formula is C19H20F3N3O6S. The number of ether oxygens (including phenoxy) is 3. The van der Waals surface area contributed by atoms with Crippen molar-refractivity contribution in [3.05, 3.63) is 42.1 Å². The first-order valence-corrected chi connectivity index (χ1v) is 10.8. The first-order chi connectivity index (χ1) is 15.1. The molecule has 3 rings (SSSR count). The van der Waals surface area contributed by atoms with Crippen LogP contribution in [0.3, 0.4) is 0 Å². The minimum absolute atomic E-state index is 0.0741. The third-order valence-electron chi connectivity index (χ3n) is 4.40. The van der Waals surface area contributed by atoms with E-state index in [9.17, 15) is 26.4 Å². The Bertz CT molecular complexity index is 1070. The van der Waals surface area contributed by atoms with Gasteiger partial charge in [-0.15, -0.1) is 0 Å². The Kier molecular flexibility index (Phi) is 7.21. The molecule has 0 bridgehead atoms. The normalized spacial score (nSPS) is 15.2. The zero-order valence-electron chi connectivity index (χ0n) is 16.9. The maximum Gasteiger partial charge on any atom is 0.422 e. The van der Waals surface area contributed by atoms with Gasteiger partial charge in [0.2, 0.25) is 15.9 Å². The van der Waals surface area contributed by atoms with Crippen LogP contribution in [0.5, 0.6) is 11.6 Å². The summed E-state index contributed by atoms with van der Waals surface area (Å²) in [5, 5.41) is 2.46. The average Bonchev–Trinajstić information content (AvgIpc) is 2.78. The Morgan fingerprint density at radius 1 is 1.25 bits per heavy atom. The first-order valence-electron chi connectivity index (χ1n) is 9.33. The van der Waals surface area contributed by atoms with Gasteiger partial charge in [-0.25, -0.2) is 13.4 Å². The SMILES string of the molecule is COc1ccc(NC(=O)c2cccnc2OCC(F)(F)F)cc1S(=O)(=O)N1CCOCC1. The second-order valence-electron chi connectivity index (χ2n) is 6.60. The molecule has 1 amide bonds. The van der Waals surface area contributed by atoms with E-state index in [-0.39, 0.29) is 48.2 Å². The predicted octanol–water partition coefficient (Wildman–Crippen LogP) is 2.30. The minimum atomic E-state index is -4.61. The lowest BCUT2D eigenvalue weighted by molar-refractivity contribution is -0.154. The summed E-state index contributed by atoms with van der Waals surface area (Å²) in [4.78, 5) is 16.2. The minimum Gasteiger partial charge on any atom is -0.495 e. The van der Waals surface area contributed by atoms with Crippen molar-refractivity contribution in [3.63, 3.8) is 0 Å². The molecule has 1 aliphatic rings. The van der Waals surface area contributed by atoms with Crippen molar-refractivity contribution >= 4 is 21.6 Å². The monoisotopic (exact) mass is 475 g/mol. The second-order valence-corrected chi connectivity index (χ2v) is 8.50. The summed E-state index contributed by atoms with van der Waals surface area (Å²) < 4.78 is 79.7. The van der Waals surface area contributed by atoms with Gasteiger partial charge in [-0.3, -0.25) is 4.79 Å². The number of hydrogen-bond acceptors (Lipinski definition) is 7. The Labute approximate surface area is 182 Å². The number of methoxy groups -OCH3 is 1. The van der Waals surface area contributed by atoms with Crippen LogP contribution < -0.4 is 14.8 Å². The Balaban J connectivity index is 1.86. The molecule has 1 N–H and O–H groups in total. The van der Waals surface area contributed by atoms with Crippen LogP contribution in [-0.2, 0) is 14.8 Å². The summed E-state index contributed by atoms with van der Waals surface area (Å²) in [7, 11) is -2.63. The lowest BCUT2D eigenvalue weighted by Gasteiger charge is -2.26.